The van der Waals surface area contributed by atoms with Gasteiger partial charge in [0.15, 0.2) is 5.82 Å². The van der Waals surface area contributed by atoms with E-state index in [-0.39, 0.29) is 17.4 Å². The zero-order valence-electron chi connectivity index (χ0n) is 19.2. The molecule has 0 saturated heterocycles. The maximum Gasteiger partial charge on any atom is 0.178 e. The second-order valence-corrected chi connectivity index (χ2v) is 9.72. The largest absolute Gasteiger partial charge is 0.371 e. The minimum absolute atomic E-state index is 0.274. The molecule has 0 spiro atoms. The first-order valence-electron chi connectivity index (χ1n) is 11.4. The molecule has 0 aliphatic rings. The van der Waals surface area contributed by atoms with Gasteiger partial charge in [-0.3, -0.25) is 0 Å². The van der Waals surface area contributed by atoms with E-state index in [1.54, 1.807) is 12.1 Å². The second kappa shape index (κ2) is 7.48. The zero-order valence-corrected chi connectivity index (χ0v) is 19.2. The van der Waals surface area contributed by atoms with Crippen LogP contribution in [0.1, 0.15) is 38.2 Å². The summed E-state index contributed by atoms with van der Waals surface area (Å²) < 4.78 is 15.5. The summed E-state index contributed by atoms with van der Waals surface area (Å²) in [6.45, 7) is 6.23. The standard InChI is InChI=1S/C28H24FN5/c1-28(2,3)34-27(31-32-33-34)26(30-21-14-12-20(29)13-15-21)23-16-19-8-4-6-17-10-11-18-7-5-9-22(23)25(18)24(17)19/h4-16,26,30H,1-3H3. The van der Waals surface area contributed by atoms with Crippen LogP contribution in [0.3, 0.4) is 0 Å². The topological polar surface area (TPSA) is 55.6 Å². The molecule has 0 aliphatic carbocycles. The van der Waals surface area contributed by atoms with E-state index in [0.717, 1.165) is 22.0 Å². The predicted octanol–water partition coefficient (Wildman–Crippen LogP) is 6.67. The Balaban J connectivity index is 1.66. The lowest BCUT2D eigenvalue weighted by Gasteiger charge is -2.27. The van der Waals surface area contributed by atoms with Gasteiger partial charge in [0, 0.05) is 5.69 Å². The van der Waals surface area contributed by atoms with Gasteiger partial charge in [0.2, 0.25) is 0 Å². The molecule has 5 nitrogen and oxygen atoms in total. The summed E-state index contributed by atoms with van der Waals surface area (Å²) in [5, 5.41) is 23.6. The highest BCUT2D eigenvalue weighted by atomic mass is 19.1. The van der Waals surface area contributed by atoms with Crippen LogP contribution in [-0.4, -0.2) is 20.2 Å². The molecule has 6 rings (SSSR count). The SMILES string of the molecule is CC(C)(C)n1nnnc1C(Nc1ccc(F)cc1)c1cc2cccc3ccc4cccc1c4c32. The number of halogens is 1. The third-order valence-electron chi connectivity index (χ3n) is 6.39. The number of aromatic nitrogens is 4. The molecule has 34 heavy (non-hydrogen) atoms. The van der Waals surface area contributed by atoms with Gasteiger partial charge >= 0.3 is 0 Å². The van der Waals surface area contributed by atoms with Gasteiger partial charge in [0.25, 0.3) is 0 Å². The minimum Gasteiger partial charge on any atom is -0.371 e. The van der Waals surface area contributed by atoms with Crippen molar-refractivity contribution in [3.63, 3.8) is 0 Å². The zero-order chi connectivity index (χ0) is 23.4. The van der Waals surface area contributed by atoms with E-state index < -0.39 is 0 Å². The Morgan fingerprint density at radius 2 is 1.50 bits per heavy atom. The molecule has 0 saturated carbocycles. The molecule has 0 bridgehead atoms. The van der Waals surface area contributed by atoms with Crippen molar-refractivity contribution in [2.75, 3.05) is 5.32 Å². The summed E-state index contributed by atoms with van der Waals surface area (Å²) in [6.07, 6.45) is 0. The summed E-state index contributed by atoms with van der Waals surface area (Å²) in [7, 11) is 0. The number of hydrogen-bond donors (Lipinski definition) is 1. The van der Waals surface area contributed by atoms with Crippen LogP contribution < -0.4 is 5.32 Å². The van der Waals surface area contributed by atoms with Crippen LogP contribution in [0.4, 0.5) is 10.1 Å². The van der Waals surface area contributed by atoms with E-state index in [2.05, 4.69) is 96.2 Å². The number of benzene rings is 5. The molecule has 0 radical (unpaired) electrons. The number of nitrogens with one attached hydrogen (secondary N) is 1. The Kier molecular flexibility index (Phi) is 4.52. The normalized spacial score (nSPS) is 13.2. The number of hydrogen-bond acceptors (Lipinski definition) is 4. The Labute approximate surface area is 196 Å². The highest BCUT2D eigenvalue weighted by Crippen LogP contribution is 2.40. The number of anilines is 1. The van der Waals surface area contributed by atoms with E-state index in [9.17, 15) is 4.39 Å². The average molecular weight is 450 g/mol. The van der Waals surface area contributed by atoms with Gasteiger partial charge in [0.05, 0.1) is 5.54 Å². The van der Waals surface area contributed by atoms with E-state index in [1.165, 1.54) is 33.7 Å². The third kappa shape index (κ3) is 3.25. The lowest BCUT2D eigenvalue weighted by Crippen LogP contribution is -2.29. The summed E-state index contributed by atoms with van der Waals surface area (Å²) in [5.41, 5.74) is 1.54. The first-order valence-corrected chi connectivity index (χ1v) is 11.4. The van der Waals surface area contributed by atoms with Crippen LogP contribution in [0.5, 0.6) is 0 Å². The fraction of sp³-hybridized carbons (Fsp3) is 0.179. The smallest absolute Gasteiger partial charge is 0.178 e. The monoisotopic (exact) mass is 449 g/mol. The Morgan fingerprint density at radius 1 is 0.824 bits per heavy atom. The van der Waals surface area contributed by atoms with Crippen molar-refractivity contribution in [1.29, 1.82) is 0 Å². The maximum absolute atomic E-state index is 13.6. The first kappa shape index (κ1) is 20.5. The molecular formula is C28H24FN5. The van der Waals surface area contributed by atoms with Gasteiger partial charge < -0.3 is 5.32 Å². The molecule has 6 heteroatoms. The molecule has 1 unspecified atom stereocenters. The van der Waals surface area contributed by atoms with Crippen LogP contribution in [0.25, 0.3) is 32.3 Å². The molecule has 0 aliphatic heterocycles. The quantitative estimate of drug-likeness (QED) is 0.306. The maximum atomic E-state index is 13.6. The molecule has 0 fully saturated rings. The van der Waals surface area contributed by atoms with Crippen molar-refractivity contribution in [2.45, 2.75) is 32.4 Å². The number of nitrogens with zero attached hydrogens (tertiary/aromatic N) is 4. The van der Waals surface area contributed by atoms with Crippen molar-refractivity contribution in [3.8, 4) is 0 Å². The van der Waals surface area contributed by atoms with Crippen LogP contribution in [0.15, 0.2) is 78.9 Å². The van der Waals surface area contributed by atoms with Crippen molar-refractivity contribution < 1.29 is 4.39 Å². The van der Waals surface area contributed by atoms with Gasteiger partial charge in [0.1, 0.15) is 11.9 Å². The number of rotatable bonds is 4. The van der Waals surface area contributed by atoms with Gasteiger partial charge in [-0.2, -0.15) is 0 Å². The molecular weight excluding hydrogens is 425 g/mol. The Morgan fingerprint density at radius 3 is 2.24 bits per heavy atom. The molecule has 5 aromatic carbocycles. The molecule has 1 aromatic heterocycles. The van der Waals surface area contributed by atoms with Gasteiger partial charge in [-0.1, -0.05) is 48.5 Å². The van der Waals surface area contributed by atoms with Crippen LogP contribution in [-0.2, 0) is 5.54 Å². The van der Waals surface area contributed by atoms with Crippen molar-refractivity contribution >= 4 is 38.0 Å². The van der Waals surface area contributed by atoms with Crippen LogP contribution >= 0.6 is 0 Å². The third-order valence-corrected chi connectivity index (χ3v) is 6.39. The van der Waals surface area contributed by atoms with E-state index in [0.29, 0.717) is 5.82 Å². The predicted molar refractivity (Wildman–Crippen MR) is 135 cm³/mol. The fourth-order valence-electron chi connectivity index (χ4n) is 4.87. The molecule has 0 amide bonds. The average Bonchev–Trinajstić information content (AvgIpc) is 3.33. The summed E-state index contributed by atoms with van der Waals surface area (Å²) in [4.78, 5) is 0. The van der Waals surface area contributed by atoms with Crippen molar-refractivity contribution in [3.05, 3.63) is 96.1 Å². The highest BCUT2D eigenvalue weighted by molar-refractivity contribution is 6.23. The Bertz CT molecular complexity index is 1630. The van der Waals surface area contributed by atoms with E-state index in [4.69, 9.17) is 0 Å². The van der Waals surface area contributed by atoms with Crippen LogP contribution in [0.2, 0.25) is 0 Å². The summed E-state index contributed by atoms with van der Waals surface area (Å²) >= 11 is 0. The molecule has 6 aromatic rings. The van der Waals surface area contributed by atoms with Crippen LogP contribution in [0, 0.1) is 5.82 Å². The Hall–Kier alpha value is -4.06. The first-order chi connectivity index (χ1) is 16.4. The van der Waals surface area contributed by atoms with Gasteiger partial charge in [-0.25, -0.2) is 9.07 Å². The lowest BCUT2D eigenvalue weighted by molar-refractivity contribution is 0.333. The van der Waals surface area contributed by atoms with E-state index >= 15 is 0 Å². The van der Waals surface area contributed by atoms with Crippen molar-refractivity contribution in [1.82, 2.24) is 20.2 Å². The van der Waals surface area contributed by atoms with Gasteiger partial charge in [-0.15, -0.1) is 5.10 Å². The summed E-state index contributed by atoms with van der Waals surface area (Å²) in [6, 6.07) is 25.4. The number of tetrazole rings is 1. The van der Waals surface area contributed by atoms with E-state index in [1.807, 2.05) is 4.68 Å². The molecule has 1 atom stereocenters. The fourth-order valence-corrected chi connectivity index (χ4v) is 4.87. The second-order valence-electron chi connectivity index (χ2n) is 9.72. The van der Waals surface area contributed by atoms with Gasteiger partial charge in [-0.05, 0) is 99.4 Å². The molecule has 1 N–H and O–H groups in total. The summed E-state index contributed by atoms with van der Waals surface area (Å²) in [5.74, 6) is 0.426. The molecule has 1 heterocycles. The minimum atomic E-state index is -0.353. The molecule has 168 valence electrons. The lowest BCUT2D eigenvalue weighted by atomic mass is 9.88. The highest BCUT2D eigenvalue weighted by Gasteiger charge is 2.29. The van der Waals surface area contributed by atoms with Crippen molar-refractivity contribution in [2.24, 2.45) is 0 Å².